The van der Waals surface area contributed by atoms with Crippen LogP contribution in [0.4, 0.5) is 17.1 Å². The molecule has 11 aromatic rings. The zero-order chi connectivity index (χ0) is 40.5. The zero-order valence-corrected chi connectivity index (χ0v) is 33.6. The standard InChI is InChI=1S/C60H41N/c1-4-14-42(15-5-1)50-32-39-59(58(41-50)44-16-6-2-7-17-44)61(52-33-26-43(27-34-52)49-31-37-55-51(40-49)25-24-45-18-10-12-22-54(45)55)53-35-28-47(29-36-53)57-38-30-46-19-11-13-23-56(46)60(57)48-20-8-3-9-21-48/h1-41H. The number of nitrogens with zero attached hydrogens (tertiary/aromatic N) is 1. The van der Waals surface area contributed by atoms with E-state index in [0.717, 1.165) is 22.6 Å². The average molecular weight is 776 g/mol. The monoisotopic (exact) mass is 775 g/mol. The first-order chi connectivity index (χ1) is 30.2. The van der Waals surface area contributed by atoms with Gasteiger partial charge in [0.2, 0.25) is 0 Å². The van der Waals surface area contributed by atoms with Crippen molar-refractivity contribution in [2.24, 2.45) is 0 Å². The number of anilines is 3. The average Bonchev–Trinajstić information content (AvgIpc) is 3.35. The number of hydrogen-bond acceptors (Lipinski definition) is 1. The van der Waals surface area contributed by atoms with Crippen LogP contribution in [0.2, 0.25) is 0 Å². The van der Waals surface area contributed by atoms with Crippen LogP contribution < -0.4 is 4.90 Å². The Morgan fingerprint density at radius 1 is 0.230 bits per heavy atom. The van der Waals surface area contributed by atoms with Gasteiger partial charge >= 0.3 is 0 Å². The molecule has 0 saturated carbocycles. The third kappa shape index (κ3) is 6.83. The van der Waals surface area contributed by atoms with Crippen LogP contribution in [0.1, 0.15) is 0 Å². The highest BCUT2D eigenvalue weighted by molar-refractivity contribution is 6.08. The van der Waals surface area contributed by atoms with Crippen molar-refractivity contribution >= 4 is 49.4 Å². The van der Waals surface area contributed by atoms with Crippen molar-refractivity contribution in [2.75, 3.05) is 4.90 Å². The largest absolute Gasteiger partial charge is 0.310 e. The summed E-state index contributed by atoms with van der Waals surface area (Å²) in [6.07, 6.45) is 0. The third-order valence-corrected chi connectivity index (χ3v) is 12.1. The Kier molecular flexibility index (Phi) is 9.26. The highest BCUT2D eigenvalue weighted by Gasteiger charge is 2.20. The Morgan fingerprint density at radius 3 is 1.36 bits per heavy atom. The summed E-state index contributed by atoms with van der Waals surface area (Å²) < 4.78 is 0. The number of benzene rings is 11. The van der Waals surface area contributed by atoms with E-state index in [-0.39, 0.29) is 0 Å². The second-order valence-electron chi connectivity index (χ2n) is 15.7. The van der Waals surface area contributed by atoms with E-state index >= 15 is 0 Å². The van der Waals surface area contributed by atoms with Crippen LogP contribution >= 0.6 is 0 Å². The highest BCUT2D eigenvalue weighted by atomic mass is 15.1. The molecule has 0 spiro atoms. The topological polar surface area (TPSA) is 3.24 Å². The van der Waals surface area contributed by atoms with Gasteiger partial charge in [-0.1, -0.05) is 206 Å². The maximum Gasteiger partial charge on any atom is 0.0540 e. The third-order valence-electron chi connectivity index (χ3n) is 12.1. The molecule has 0 aliphatic carbocycles. The molecule has 1 heteroatoms. The quantitative estimate of drug-likeness (QED) is 0.139. The van der Waals surface area contributed by atoms with Crippen LogP contribution in [-0.4, -0.2) is 0 Å². The molecule has 0 radical (unpaired) electrons. The summed E-state index contributed by atoms with van der Waals surface area (Å²) in [5, 5.41) is 7.56. The maximum absolute atomic E-state index is 2.41. The molecule has 0 aromatic heterocycles. The van der Waals surface area contributed by atoms with Crippen LogP contribution in [0, 0.1) is 0 Å². The molecule has 0 unspecified atom stereocenters. The lowest BCUT2D eigenvalue weighted by atomic mass is 9.89. The van der Waals surface area contributed by atoms with E-state index in [1.807, 2.05) is 0 Å². The van der Waals surface area contributed by atoms with Crippen LogP contribution in [0.25, 0.3) is 88.0 Å². The van der Waals surface area contributed by atoms with Crippen molar-refractivity contribution in [3.63, 3.8) is 0 Å². The highest BCUT2D eigenvalue weighted by Crippen LogP contribution is 2.45. The molecule has 11 rings (SSSR count). The lowest BCUT2D eigenvalue weighted by Gasteiger charge is -2.29. The van der Waals surface area contributed by atoms with Gasteiger partial charge in [-0.3, -0.25) is 0 Å². The van der Waals surface area contributed by atoms with E-state index in [2.05, 4.69) is 254 Å². The van der Waals surface area contributed by atoms with Gasteiger partial charge in [0.25, 0.3) is 0 Å². The number of hydrogen-bond donors (Lipinski definition) is 0. The van der Waals surface area contributed by atoms with Gasteiger partial charge in [-0.05, 0) is 125 Å². The van der Waals surface area contributed by atoms with E-state index < -0.39 is 0 Å². The summed E-state index contributed by atoms with van der Waals surface area (Å²) in [4.78, 5) is 2.41. The van der Waals surface area contributed by atoms with Gasteiger partial charge in [-0.15, -0.1) is 0 Å². The van der Waals surface area contributed by atoms with E-state index in [1.165, 1.54) is 82.4 Å². The maximum atomic E-state index is 2.41. The van der Waals surface area contributed by atoms with E-state index in [0.29, 0.717) is 0 Å². The summed E-state index contributed by atoms with van der Waals surface area (Å²) in [5.74, 6) is 0. The Hall–Kier alpha value is -8.00. The molecule has 0 aliphatic heterocycles. The predicted molar refractivity (Wildman–Crippen MR) is 261 cm³/mol. The molecule has 0 saturated heterocycles. The smallest absolute Gasteiger partial charge is 0.0540 e. The van der Waals surface area contributed by atoms with Crippen LogP contribution in [0.3, 0.4) is 0 Å². The lowest BCUT2D eigenvalue weighted by molar-refractivity contribution is 1.28. The molecule has 0 amide bonds. The van der Waals surface area contributed by atoms with Crippen molar-refractivity contribution in [1.29, 1.82) is 0 Å². The van der Waals surface area contributed by atoms with Crippen molar-refractivity contribution in [3.05, 3.63) is 249 Å². The Balaban J connectivity index is 1.05. The second-order valence-corrected chi connectivity index (χ2v) is 15.7. The Morgan fingerprint density at radius 2 is 0.672 bits per heavy atom. The molecule has 0 atom stereocenters. The van der Waals surface area contributed by atoms with Gasteiger partial charge in [-0.25, -0.2) is 0 Å². The lowest BCUT2D eigenvalue weighted by Crippen LogP contribution is -2.11. The minimum atomic E-state index is 1.08. The molecule has 61 heavy (non-hydrogen) atoms. The molecule has 0 N–H and O–H groups in total. The molecule has 0 heterocycles. The zero-order valence-electron chi connectivity index (χ0n) is 33.6. The van der Waals surface area contributed by atoms with Crippen molar-refractivity contribution in [3.8, 4) is 55.6 Å². The number of rotatable bonds is 8. The molecule has 0 bridgehead atoms. The van der Waals surface area contributed by atoms with Crippen molar-refractivity contribution in [2.45, 2.75) is 0 Å². The number of fused-ring (bicyclic) bond motifs is 4. The Bertz CT molecular complexity index is 3320. The molecular formula is C60H41N. The van der Waals surface area contributed by atoms with Crippen LogP contribution in [0.5, 0.6) is 0 Å². The predicted octanol–water partition coefficient (Wildman–Crippen LogP) is 17.0. The minimum Gasteiger partial charge on any atom is -0.310 e. The SMILES string of the molecule is c1ccc(-c2ccc(N(c3ccc(-c4ccc5c(ccc6ccccc65)c4)cc3)c3ccc(-c4ccc5ccccc5c4-c4ccccc4)cc3)c(-c3ccccc3)c2)cc1. The molecule has 11 aromatic carbocycles. The fraction of sp³-hybridized carbons (Fsp3) is 0. The van der Waals surface area contributed by atoms with Gasteiger partial charge in [0.1, 0.15) is 0 Å². The first-order valence-electron chi connectivity index (χ1n) is 21.0. The molecule has 286 valence electrons. The molecule has 1 nitrogen and oxygen atoms in total. The summed E-state index contributed by atoms with van der Waals surface area (Å²) in [5.41, 5.74) is 15.2. The normalized spacial score (nSPS) is 11.3. The fourth-order valence-corrected chi connectivity index (χ4v) is 9.03. The van der Waals surface area contributed by atoms with Crippen molar-refractivity contribution in [1.82, 2.24) is 0 Å². The molecule has 0 aliphatic rings. The van der Waals surface area contributed by atoms with E-state index in [4.69, 9.17) is 0 Å². The summed E-state index contributed by atoms with van der Waals surface area (Å²) in [6.45, 7) is 0. The van der Waals surface area contributed by atoms with E-state index in [9.17, 15) is 0 Å². The fourth-order valence-electron chi connectivity index (χ4n) is 9.03. The second kappa shape index (κ2) is 15.6. The first-order valence-corrected chi connectivity index (χ1v) is 21.0. The van der Waals surface area contributed by atoms with Crippen molar-refractivity contribution < 1.29 is 0 Å². The van der Waals surface area contributed by atoms with Gasteiger partial charge < -0.3 is 4.90 Å². The molecular weight excluding hydrogens is 735 g/mol. The minimum absolute atomic E-state index is 1.08. The summed E-state index contributed by atoms with van der Waals surface area (Å²) >= 11 is 0. The van der Waals surface area contributed by atoms with Gasteiger partial charge in [-0.2, -0.15) is 0 Å². The van der Waals surface area contributed by atoms with Crippen LogP contribution in [0.15, 0.2) is 249 Å². The van der Waals surface area contributed by atoms with Gasteiger partial charge in [0, 0.05) is 16.9 Å². The summed E-state index contributed by atoms with van der Waals surface area (Å²) in [7, 11) is 0. The summed E-state index contributed by atoms with van der Waals surface area (Å²) in [6, 6.07) is 90.5. The van der Waals surface area contributed by atoms with Crippen LogP contribution in [-0.2, 0) is 0 Å². The molecule has 0 fully saturated rings. The first kappa shape index (κ1) is 36.1. The Labute approximate surface area is 357 Å². The van der Waals surface area contributed by atoms with Gasteiger partial charge in [0.05, 0.1) is 5.69 Å². The van der Waals surface area contributed by atoms with E-state index in [1.54, 1.807) is 0 Å². The van der Waals surface area contributed by atoms with Gasteiger partial charge in [0.15, 0.2) is 0 Å².